The van der Waals surface area contributed by atoms with Crippen molar-refractivity contribution in [3.8, 4) is 0 Å². The number of hydrogen-bond acceptors (Lipinski definition) is 4. The molecule has 0 aromatic carbocycles. The molecular weight excluding hydrogens is 234 g/mol. The summed E-state index contributed by atoms with van der Waals surface area (Å²) in [5.74, 6) is -0.132. The second-order valence-corrected chi connectivity index (χ2v) is 5.42. The van der Waals surface area contributed by atoms with E-state index in [1.807, 2.05) is 20.8 Å². The summed E-state index contributed by atoms with van der Waals surface area (Å²) in [5.41, 5.74) is -0.310. The SMILES string of the molecule is CN(C(=O)OCC(=O)N1CCNCC1)C(C)(C)C. The van der Waals surface area contributed by atoms with Gasteiger partial charge < -0.3 is 19.9 Å². The van der Waals surface area contributed by atoms with E-state index in [0.29, 0.717) is 13.1 Å². The minimum Gasteiger partial charge on any atom is -0.439 e. The Morgan fingerprint density at radius 1 is 1.28 bits per heavy atom. The van der Waals surface area contributed by atoms with Gasteiger partial charge in [0.2, 0.25) is 0 Å². The molecule has 18 heavy (non-hydrogen) atoms. The third-order valence-electron chi connectivity index (χ3n) is 3.07. The van der Waals surface area contributed by atoms with Crippen molar-refractivity contribution in [2.75, 3.05) is 39.8 Å². The molecule has 2 amide bonds. The number of piperazine rings is 1. The molecule has 0 aliphatic carbocycles. The molecule has 1 fully saturated rings. The van der Waals surface area contributed by atoms with Crippen LogP contribution in [0.25, 0.3) is 0 Å². The highest BCUT2D eigenvalue weighted by molar-refractivity contribution is 5.80. The van der Waals surface area contributed by atoms with Gasteiger partial charge in [-0.05, 0) is 20.8 Å². The number of ether oxygens (including phenoxy) is 1. The molecule has 0 bridgehead atoms. The van der Waals surface area contributed by atoms with Crippen molar-refractivity contribution in [3.05, 3.63) is 0 Å². The summed E-state index contributed by atoms with van der Waals surface area (Å²) in [6.45, 7) is 8.48. The first kappa shape index (κ1) is 14.8. The Hall–Kier alpha value is -1.30. The summed E-state index contributed by atoms with van der Waals surface area (Å²) in [6, 6.07) is 0. The van der Waals surface area contributed by atoms with Crippen LogP contribution in [0.1, 0.15) is 20.8 Å². The number of amides is 2. The molecule has 1 rings (SSSR count). The average molecular weight is 257 g/mol. The summed E-state index contributed by atoms with van der Waals surface area (Å²) in [6.07, 6.45) is -0.467. The van der Waals surface area contributed by atoms with E-state index in [0.717, 1.165) is 13.1 Å². The molecule has 6 heteroatoms. The summed E-state index contributed by atoms with van der Waals surface area (Å²) in [7, 11) is 1.66. The van der Waals surface area contributed by atoms with E-state index in [2.05, 4.69) is 5.32 Å². The first-order valence-electron chi connectivity index (χ1n) is 6.21. The first-order valence-corrected chi connectivity index (χ1v) is 6.21. The Kier molecular flexibility index (Phi) is 4.95. The summed E-state index contributed by atoms with van der Waals surface area (Å²) >= 11 is 0. The van der Waals surface area contributed by atoms with Gasteiger partial charge in [-0.15, -0.1) is 0 Å². The van der Waals surface area contributed by atoms with E-state index < -0.39 is 6.09 Å². The summed E-state index contributed by atoms with van der Waals surface area (Å²) < 4.78 is 5.02. The van der Waals surface area contributed by atoms with Gasteiger partial charge in [-0.1, -0.05) is 0 Å². The molecule has 1 saturated heterocycles. The Morgan fingerprint density at radius 3 is 2.33 bits per heavy atom. The number of nitrogens with zero attached hydrogens (tertiary/aromatic N) is 2. The second kappa shape index (κ2) is 6.04. The maximum atomic E-state index is 11.8. The number of rotatable bonds is 2. The van der Waals surface area contributed by atoms with E-state index in [-0.39, 0.29) is 18.1 Å². The van der Waals surface area contributed by atoms with Crippen LogP contribution in [-0.2, 0) is 9.53 Å². The van der Waals surface area contributed by atoms with Gasteiger partial charge in [0.25, 0.3) is 5.91 Å². The number of carbonyl (C=O) groups is 2. The maximum Gasteiger partial charge on any atom is 0.410 e. The minimum absolute atomic E-state index is 0.132. The third-order valence-corrected chi connectivity index (χ3v) is 3.07. The van der Waals surface area contributed by atoms with E-state index in [1.165, 1.54) is 4.90 Å². The lowest BCUT2D eigenvalue weighted by molar-refractivity contribution is -0.135. The lowest BCUT2D eigenvalue weighted by Crippen LogP contribution is -2.48. The fourth-order valence-electron chi connectivity index (χ4n) is 1.50. The Morgan fingerprint density at radius 2 is 1.83 bits per heavy atom. The van der Waals surface area contributed by atoms with Gasteiger partial charge >= 0.3 is 6.09 Å². The zero-order valence-electron chi connectivity index (χ0n) is 11.7. The third kappa shape index (κ3) is 4.18. The van der Waals surface area contributed by atoms with Crippen LogP contribution in [0, 0.1) is 0 Å². The van der Waals surface area contributed by atoms with E-state index in [4.69, 9.17) is 4.74 Å². The summed E-state index contributed by atoms with van der Waals surface area (Å²) in [5, 5.41) is 3.16. The molecule has 0 unspecified atom stereocenters. The van der Waals surface area contributed by atoms with Crippen molar-refractivity contribution < 1.29 is 14.3 Å². The van der Waals surface area contributed by atoms with Gasteiger partial charge in [0, 0.05) is 38.8 Å². The van der Waals surface area contributed by atoms with Crippen LogP contribution in [0.4, 0.5) is 4.79 Å². The number of carbonyl (C=O) groups excluding carboxylic acids is 2. The molecule has 1 aliphatic rings. The normalized spacial score (nSPS) is 16.3. The van der Waals surface area contributed by atoms with Crippen molar-refractivity contribution in [2.24, 2.45) is 0 Å². The smallest absolute Gasteiger partial charge is 0.410 e. The van der Waals surface area contributed by atoms with Gasteiger partial charge in [0.15, 0.2) is 6.61 Å². The molecule has 1 aliphatic heterocycles. The molecule has 0 aromatic rings. The van der Waals surface area contributed by atoms with Crippen LogP contribution >= 0.6 is 0 Å². The number of hydrogen-bond donors (Lipinski definition) is 1. The zero-order valence-corrected chi connectivity index (χ0v) is 11.7. The quantitative estimate of drug-likeness (QED) is 0.772. The van der Waals surface area contributed by atoms with Crippen molar-refractivity contribution in [3.63, 3.8) is 0 Å². The molecule has 1 N–H and O–H groups in total. The van der Waals surface area contributed by atoms with Crippen molar-refractivity contribution in [1.82, 2.24) is 15.1 Å². The second-order valence-electron chi connectivity index (χ2n) is 5.42. The topological polar surface area (TPSA) is 61.9 Å². The highest BCUT2D eigenvalue weighted by Gasteiger charge is 2.25. The van der Waals surface area contributed by atoms with Crippen LogP contribution in [0.3, 0.4) is 0 Å². The van der Waals surface area contributed by atoms with Crippen LogP contribution in [0.5, 0.6) is 0 Å². The van der Waals surface area contributed by atoms with Gasteiger partial charge in [0.1, 0.15) is 0 Å². The lowest BCUT2D eigenvalue weighted by atomic mass is 10.1. The predicted octanol–water partition coefficient (Wildman–Crippen LogP) is 0.285. The van der Waals surface area contributed by atoms with Gasteiger partial charge in [-0.25, -0.2) is 4.79 Å². The van der Waals surface area contributed by atoms with Crippen LogP contribution < -0.4 is 5.32 Å². The fraction of sp³-hybridized carbons (Fsp3) is 0.833. The van der Waals surface area contributed by atoms with Crippen LogP contribution in [0.2, 0.25) is 0 Å². The van der Waals surface area contributed by atoms with Gasteiger partial charge in [-0.3, -0.25) is 4.79 Å². The van der Waals surface area contributed by atoms with E-state index in [9.17, 15) is 9.59 Å². The molecule has 104 valence electrons. The molecule has 6 nitrogen and oxygen atoms in total. The maximum absolute atomic E-state index is 11.8. The highest BCUT2D eigenvalue weighted by atomic mass is 16.6. The molecular formula is C12H23N3O3. The largest absolute Gasteiger partial charge is 0.439 e. The molecule has 0 aromatic heterocycles. The average Bonchev–Trinajstić information content (AvgIpc) is 2.34. The fourth-order valence-corrected chi connectivity index (χ4v) is 1.50. The first-order chi connectivity index (χ1) is 8.32. The standard InChI is InChI=1S/C12H23N3O3/c1-12(2,3)14(4)11(17)18-9-10(16)15-7-5-13-6-8-15/h13H,5-9H2,1-4H3. The van der Waals surface area contributed by atoms with Gasteiger partial charge in [-0.2, -0.15) is 0 Å². The Balaban J connectivity index is 2.36. The minimum atomic E-state index is -0.467. The predicted molar refractivity (Wildman–Crippen MR) is 68.3 cm³/mol. The highest BCUT2D eigenvalue weighted by Crippen LogP contribution is 2.11. The Labute approximate surface area is 108 Å². The number of nitrogens with one attached hydrogen (secondary N) is 1. The Bertz CT molecular complexity index is 306. The molecule has 0 atom stereocenters. The van der Waals surface area contributed by atoms with E-state index >= 15 is 0 Å². The lowest BCUT2D eigenvalue weighted by Gasteiger charge is -2.31. The van der Waals surface area contributed by atoms with E-state index in [1.54, 1.807) is 11.9 Å². The zero-order chi connectivity index (χ0) is 13.8. The van der Waals surface area contributed by atoms with Crippen molar-refractivity contribution in [1.29, 1.82) is 0 Å². The molecule has 0 radical (unpaired) electrons. The van der Waals surface area contributed by atoms with Gasteiger partial charge in [0.05, 0.1) is 0 Å². The van der Waals surface area contributed by atoms with Crippen molar-refractivity contribution >= 4 is 12.0 Å². The molecule has 0 spiro atoms. The van der Waals surface area contributed by atoms with Crippen molar-refractivity contribution in [2.45, 2.75) is 26.3 Å². The molecule has 0 saturated carbocycles. The summed E-state index contributed by atoms with van der Waals surface area (Å²) in [4.78, 5) is 26.7. The monoisotopic (exact) mass is 257 g/mol. The van der Waals surface area contributed by atoms with Crippen LogP contribution in [0.15, 0.2) is 0 Å². The van der Waals surface area contributed by atoms with Crippen LogP contribution in [-0.4, -0.2) is 67.2 Å². The molecule has 1 heterocycles.